The molecule has 1 saturated carbocycles. The van der Waals surface area contributed by atoms with E-state index in [-0.39, 0.29) is 0 Å². The van der Waals surface area contributed by atoms with E-state index in [0.717, 1.165) is 27.8 Å². The largest absolute Gasteiger partial charge is 0.461 e. The number of carbonyl (C=O) groups excluding carboxylic acids is 1. The summed E-state index contributed by atoms with van der Waals surface area (Å²) in [6.45, 7) is 2.09. The second-order valence-electron chi connectivity index (χ2n) is 7.12. The highest BCUT2D eigenvalue weighted by Crippen LogP contribution is 2.35. The molecule has 3 heterocycles. The zero-order valence-corrected chi connectivity index (χ0v) is 18.6. The van der Waals surface area contributed by atoms with E-state index in [0.29, 0.717) is 23.2 Å². The predicted molar refractivity (Wildman–Crippen MR) is 116 cm³/mol. The molecule has 0 saturated heterocycles. The average molecular weight is 450 g/mol. The highest BCUT2D eigenvalue weighted by molar-refractivity contribution is 7.16. The van der Waals surface area contributed by atoms with Gasteiger partial charge in [-0.3, -0.25) is 0 Å². The Labute approximate surface area is 181 Å². The molecule has 0 aliphatic heterocycles. The summed E-state index contributed by atoms with van der Waals surface area (Å²) in [6, 6.07) is 0. The molecule has 0 amide bonds. The maximum Gasteiger partial charge on any atom is 0.357 e. The number of aromatic nitrogens is 3. The molecule has 1 atom stereocenters. The standard InChI is InChI=1S/C20H23N3O3S3/c1-2-26-20(25)15-11-28-18(23-15)13-9-27-17(21-13)14-10-29-19(22-14)16(24)8-12-6-4-3-5-7-12/h9-12,16,24H,2-8H2,1H3/t16-/m0/s1. The van der Waals surface area contributed by atoms with Gasteiger partial charge in [0.2, 0.25) is 0 Å². The number of hydrogen-bond acceptors (Lipinski definition) is 9. The van der Waals surface area contributed by atoms with Crippen LogP contribution in [0.4, 0.5) is 0 Å². The van der Waals surface area contributed by atoms with E-state index >= 15 is 0 Å². The Bertz CT molecular complexity index is 959. The first-order chi connectivity index (χ1) is 14.1. The highest BCUT2D eigenvalue weighted by atomic mass is 32.1. The molecule has 3 aromatic rings. The zero-order valence-electron chi connectivity index (χ0n) is 16.2. The number of thiazole rings is 3. The van der Waals surface area contributed by atoms with E-state index < -0.39 is 12.1 Å². The maximum atomic E-state index is 11.8. The van der Waals surface area contributed by atoms with E-state index in [4.69, 9.17) is 4.74 Å². The van der Waals surface area contributed by atoms with Gasteiger partial charge in [-0.05, 0) is 19.3 Å². The fourth-order valence-electron chi connectivity index (χ4n) is 3.56. The van der Waals surface area contributed by atoms with Crippen molar-refractivity contribution in [3.8, 4) is 21.4 Å². The lowest BCUT2D eigenvalue weighted by molar-refractivity contribution is 0.0520. The van der Waals surface area contributed by atoms with Crippen molar-refractivity contribution in [1.29, 1.82) is 0 Å². The number of carbonyl (C=O) groups is 1. The average Bonchev–Trinajstić information content (AvgIpc) is 3.48. The molecular formula is C20H23N3O3S3. The Hall–Kier alpha value is -1.68. The van der Waals surface area contributed by atoms with Crippen LogP contribution in [0.3, 0.4) is 0 Å². The zero-order chi connectivity index (χ0) is 20.2. The minimum atomic E-state index is -0.498. The molecule has 3 aromatic heterocycles. The number of aliphatic hydroxyl groups excluding tert-OH is 1. The van der Waals surface area contributed by atoms with Gasteiger partial charge in [-0.15, -0.1) is 34.0 Å². The summed E-state index contributed by atoms with van der Waals surface area (Å²) in [5.41, 5.74) is 1.82. The molecule has 6 nitrogen and oxygen atoms in total. The number of nitrogens with zero attached hydrogens (tertiary/aromatic N) is 3. The molecule has 9 heteroatoms. The number of aliphatic hydroxyl groups is 1. The minimum Gasteiger partial charge on any atom is -0.461 e. The van der Waals surface area contributed by atoms with Gasteiger partial charge < -0.3 is 9.84 Å². The van der Waals surface area contributed by atoms with E-state index in [1.54, 1.807) is 12.3 Å². The Morgan fingerprint density at radius 3 is 2.55 bits per heavy atom. The van der Waals surface area contributed by atoms with Crippen LogP contribution in [0.1, 0.15) is 67.0 Å². The molecule has 4 rings (SSSR count). The Morgan fingerprint density at radius 2 is 1.76 bits per heavy atom. The third kappa shape index (κ3) is 4.91. The first-order valence-electron chi connectivity index (χ1n) is 9.86. The Balaban J connectivity index is 1.44. The van der Waals surface area contributed by atoms with Crippen LogP contribution in [0.2, 0.25) is 0 Å². The van der Waals surface area contributed by atoms with E-state index in [1.807, 2.05) is 10.8 Å². The van der Waals surface area contributed by atoms with Crippen molar-refractivity contribution in [2.75, 3.05) is 6.61 Å². The number of hydrogen-bond donors (Lipinski definition) is 1. The molecule has 1 N–H and O–H groups in total. The lowest BCUT2D eigenvalue weighted by Gasteiger charge is -2.23. The van der Waals surface area contributed by atoms with E-state index in [1.165, 1.54) is 66.1 Å². The van der Waals surface area contributed by atoms with Crippen LogP contribution in [-0.2, 0) is 4.74 Å². The van der Waals surface area contributed by atoms with Crippen molar-refractivity contribution in [1.82, 2.24) is 15.0 Å². The van der Waals surface area contributed by atoms with Crippen molar-refractivity contribution in [3.05, 3.63) is 26.8 Å². The second-order valence-corrected chi connectivity index (χ2v) is 9.73. The first kappa shape index (κ1) is 20.6. The number of esters is 1. The van der Waals surface area contributed by atoms with Gasteiger partial charge in [0.05, 0.1) is 6.61 Å². The quantitative estimate of drug-likeness (QED) is 0.475. The van der Waals surface area contributed by atoms with Crippen LogP contribution in [0, 0.1) is 5.92 Å². The van der Waals surface area contributed by atoms with Gasteiger partial charge in [0.1, 0.15) is 32.5 Å². The summed E-state index contributed by atoms with van der Waals surface area (Å²) in [6.07, 6.45) is 6.60. The summed E-state index contributed by atoms with van der Waals surface area (Å²) in [7, 11) is 0. The summed E-state index contributed by atoms with van der Waals surface area (Å²) in [4.78, 5) is 25.4. The van der Waals surface area contributed by atoms with Gasteiger partial charge in [-0.1, -0.05) is 32.1 Å². The van der Waals surface area contributed by atoms with Crippen molar-refractivity contribution >= 4 is 40.0 Å². The Morgan fingerprint density at radius 1 is 1.07 bits per heavy atom. The molecule has 29 heavy (non-hydrogen) atoms. The van der Waals surface area contributed by atoms with Gasteiger partial charge >= 0.3 is 5.97 Å². The molecule has 154 valence electrons. The fourth-order valence-corrected chi connectivity index (χ4v) is 6.02. The van der Waals surface area contributed by atoms with Crippen LogP contribution in [0.5, 0.6) is 0 Å². The fraction of sp³-hybridized carbons (Fsp3) is 0.500. The summed E-state index contributed by atoms with van der Waals surface area (Å²) in [5, 5.41) is 18.4. The van der Waals surface area contributed by atoms with Gasteiger partial charge in [0.15, 0.2) is 5.69 Å². The summed E-state index contributed by atoms with van der Waals surface area (Å²) >= 11 is 4.35. The van der Waals surface area contributed by atoms with Gasteiger partial charge in [0, 0.05) is 16.1 Å². The SMILES string of the molecule is CCOC(=O)c1csc(-c2csc(-c3csc([C@@H](O)CC4CCCCC4)n3)n2)n1. The molecular weight excluding hydrogens is 426 g/mol. The lowest BCUT2D eigenvalue weighted by atomic mass is 9.85. The van der Waals surface area contributed by atoms with Gasteiger partial charge in [-0.2, -0.15) is 0 Å². The van der Waals surface area contributed by atoms with Gasteiger partial charge in [0.25, 0.3) is 0 Å². The summed E-state index contributed by atoms with van der Waals surface area (Å²) < 4.78 is 4.99. The highest BCUT2D eigenvalue weighted by Gasteiger charge is 2.22. The lowest BCUT2D eigenvalue weighted by Crippen LogP contribution is -2.11. The molecule has 0 unspecified atom stereocenters. The Kier molecular flexibility index (Phi) is 6.69. The minimum absolute atomic E-state index is 0.308. The van der Waals surface area contributed by atoms with Crippen molar-refractivity contribution in [3.63, 3.8) is 0 Å². The monoisotopic (exact) mass is 449 g/mol. The third-order valence-corrected chi connectivity index (χ3v) is 7.70. The van der Waals surface area contributed by atoms with Crippen LogP contribution >= 0.6 is 34.0 Å². The molecule has 0 aromatic carbocycles. The van der Waals surface area contributed by atoms with E-state index in [9.17, 15) is 9.90 Å². The third-order valence-electron chi connectivity index (χ3n) is 5.02. The molecule has 0 radical (unpaired) electrons. The van der Waals surface area contributed by atoms with Crippen molar-refractivity contribution in [2.45, 2.75) is 51.6 Å². The smallest absolute Gasteiger partial charge is 0.357 e. The van der Waals surface area contributed by atoms with E-state index in [2.05, 4.69) is 15.0 Å². The van der Waals surface area contributed by atoms with Crippen LogP contribution in [0.25, 0.3) is 21.4 Å². The topological polar surface area (TPSA) is 85.2 Å². The van der Waals surface area contributed by atoms with Crippen molar-refractivity contribution in [2.24, 2.45) is 5.92 Å². The number of rotatable bonds is 7. The molecule has 1 aliphatic rings. The van der Waals surface area contributed by atoms with Crippen LogP contribution < -0.4 is 0 Å². The summed E-state index contributed by atoms with van der Waals surface area (Å²) in [5.74, 6) is 0.192. The number of ether oxygens (including phenoxy) is 1. The molecule has 0 spiro atoms. The van der Waals surface area contributed by atoms with Gasteiger partial charge in [-0.25, -0.2) is 19.7 Å². The normalized spacial score (nSPS) is 16.1. The predicted octanol–water partition coefficient (Wildman–Crippen LogP) is 5.57. The maximum absolute atomic E-state index is 11.8. The molecule has 1 fully saturated rings. The van der Waals surface area contributed by atoms with Crippen LogP contribution in [0.15, 0.2) is 16.1 Å². The molecule has 1 aliphatic carbocycles. The van der Waals surface area contributed by atoms with Crippen LogP contribution in [-0.4, -0.2) is 32.6 Å². The first-order valence-corrected chi connectivity index (χ1v) is 12.5. The van der Waals surface area contributed by atoms with Crippen molar-refractivity contribution < 1.29 is 14.6 Å². The second kappa shape index (κ2) is 9.42. The molecule has 0 bridgehead atoms.